The molecule has 1 fully saturated rings. The number of benzene rings is 1. The van der Waals surface area contributed by atoms with Crippen LogP contribution >= 0.6 is 0 Å². The van der Waals surface area contributed by atoms with Crippen LogP contribution in [-0.2, 0) is 11.2 Å². The van der Waals surface area contributed by atoms with E-state index < -0.39 is 5.82 Å². The van der Waals surface area contributed by atoms with Crippen LogP contribution in [0.3, 0.4) is 0 Å². The number of carbonyl (C=O) groups excluding carboxylic acids is 1. The van der Waals surface area contributed by atoms with Crippen molar-refractivity contribution < 1.29 is 13.9 Å². The van der Waals surface area contributed by atoms with Crippen LogP contribution in [0.25, 0.3) is 0 Å². The molecule has 7 heteroatoms. The Morgan fingerprint density at radius 1 is 1.34 bits per heavy atom. The molecule has 1 saturated heterocycles. The number of halogens is 1. The Morgan fingerprint density at radius 3 is 2.90 bits per heavy atom. The maximum atomic E-state index is 13.3. The topological polar surface area (TPSA) is 67.4 Å². The minimum atomic E-state index is -0.392. The Labute approximate surface area is 170 Å². The van der Waals surface area contributed by atoms with E-state index in [1.54, 1.807) is 12.1 Å². The summed E-state index contributed by atoms with van der Waals surface area (Å²) in [5, 5.41) is 3.05. The lowest BCUT2D eigenvalue weighted by molar-refractivity contribution is -0.124. The summed E-state index contributed by atoms with van der Waals surface area (Å²) in [5.74, 6) is 0.491. The van der Waals surface area contributed by atoms with Crippen LogP contribution in [0.15, 0.2) is 30.5 Å². The molecule has 0 spiro atoms. The van der Waals surface area contributed by atoms with Gasteiger partial charge in [-0.05, 0) is 43.2 Å². The molecule has 0 radical (unpaired) electrons. The van der Waals surface area contributed by atoms with Crippen LogP contribution in [0.5, 0.6) is 5.75 Å². The average molecular weight is 398 g/mol. The van der Waals surface area contributed by atoms with Crippen molar-refractivity contribution in [3.63, 3.8) is 0 Å². The van der Waals surface area contributed by atoms with Crippen LogP contribution in [-0.4, -0.2) is 35.6 Å². The second-order valence-electron chi connectivity index (χ2n) is 8.68. The van der Waals surface area contributed by atoms with Gasteiger partial charge in [0.05, 0.1) is 11.7 Å². The van der Waals surface area contributed by atoms with Crippen molar-refractivity contribution in [3.05, 3.63) is 47.5 Å². The van der Waals surface area contributed by atoms with Crippen molar-refractivity contribution in [2.24, 2.45) is 5.41 Å². The Balaban J connectivity index is 1.46. The second kappa shape index (κ2) is 7.97. The molecule has 2 aliphatic rings. The van der Waals surface area contributed by atoms with Crippen molar-refractivity contribution in [2.45, 2.75) is 45.6 Å². The molecule has 4 rings (SSSR count). The number of hydrogen-bond donors (Lipinski definition) is 1. The zero-order valence-corrected chi connectivity index (χ0v) is 16.9. The van der Waals surface area contributed by atoms with Gasteiger partial charge in [-0.15, -0.1) is 0 Å². The zero-order valence-electron chi connectivity index (χ0n) is 16.9. The summed E-state index contributed by atoms with van der Waals surface area (Å²) < 4.78 is 18.7. The lowest BCUT2D eigenvalue weighted by atomic mass is 9.74. The van der Waals surface area contributed by atoms with E-state index in [9.17, 15) is 9.18 Å². The summed E-state index contributed by atoms with van der Waals surface area (Å²) in [5.41, 5.74) is 2.01. The molecule has 6 nitrogen and oxygen atoms in total. The first-order valence-electron chi connectivity index (χ1n) is 10.2. The van der Waals surface area contributed by atoms with E-state index in [-0.39, 0.29) is 24.0 Å². The number of ether oxygens (including phenoxy) is 1. The van der Waals surface area contributed by atoms with Crippen LogP contribution in [0.2, 0.25) is 0 Å². The predicted octanol–water partition coefficient (Wildman–Crippen LogP) is 3.42. The fourth-order valence-corrected chi connectivity index (χ4v) is 4.18. The molecule has 1 aromatic heterocycles. The number of amides is 1. The second-order valence-corrected chi connectivity index (χ2v) is 8.68. The van der Waals surface area contributed by atoms with Crippen LogP contribution in [0, 0.1) is 11.2 Å². The van der Waals surface area contributed by atoms with Gasteiger partial charge in [0.25, 0.3) is 5.91 Å². The lowest BCUT2D eigenvalue weighted by Gasteiger charge is -2.36. The molecule has 1 aliphatic heterocycles. The van der Waals surface area contributed by atoms with Gasteiger partial charge in [0.15, 0.2) is 6.61 Å². The first-order valence-corrected chi connectivity index (χ1v) is 10.2. The van der Waals surface area contributed by atoms with E-state index in [2.05, 4.69) is 29.0 Å². The summed E-state index contributed by atoms with van der Waals surface area (Å²) in [6, 6.07) is 5.62. The largest absolute Gasteiger partial charge is 0.484 e. The summed E-state index contributed by atoms with van der Waals surface area (Å²) in [6.07, 6.45) is 5.88. The van der Waals surface area contributed by atoms with E-state index in [0.29, 0.717) is 5.75 Å². The average Bonchev–Trinajstić information content (AvgIpc) is 3.20. The van der Waals surface area contributed by atoms with Gasteiger partial charge in [0, 0.05) is 30.9 Å². The molecule has 2 heterocycles. The fraction of sp³-hybridized carbons (Fsp3) is 0.500. The van der Waals surface area contributed by atoms with Gasteiger partial charge in [-0.25, -0.2) is 14.4 Å². The maximum absolute atomic E-state index is 13.3. The Bertz CT molecular complexity index is 896. The summed E-state index contributed by atoms with van der Waals surface area (Å²) >= 11 is 0. The number of rotatable bonds is 5. The summed E-state index contributed by atoms with van der Waals surface area (Å²) in [4.78, 5) is 24.1. The zero-order chi connectivity index (χ0) is 20.4. The number of nitrogens with one attached hydrogen (secondary N) is 1. The number of fused-ring (bicyclic) bond motifs is 1. The van der Waals surface area contributed by atoms with E-state index >= 15 is 0 Å². The standard InChI is InChI=1S/C22H27FN4O2/c1-22(2)11-18(25-20(28)14-29-16-7-5-6-15(23)10-16)17-13-24-21(26-19(17)12-22)27-8-3-4-9-27/h5-7,10,13,18H,3-4,8-9,11-12,14H2,1-2H3,(H,25,28)/t18-/m0/s1. The number of hydrogen-bond acceptors (Lipinski definition) is 5. The quantitative estimate of drug-likeness (QED) is 0.836. The molecule has 1 atom stereocenters. The molecule has 2 aromatic rings. The van der Waals surface area contributed by atoms with E-state index in [1.165, 1.54) is 25.0 Å². The van der Waals surface area contributed by atoms with Gasteiger partial charge in [-0.2, -0.15) is 0 Å². The summed E-state index contributed by atoms with van der Waals surface area (Å²) in [6.45, 7) is 6.22. The third kappa shape index (κ3) is 4.66. The van der Waals surface area contributed by atoms with Crippen molar-refractivity contribution in [1.82, 2.24) is 15.3 Å². The molecule has 0 saturated carbocycles. The molecule has 1 aliphatic carbocycles. The van der Waals surface area contributed by atoms with Crippen molar-refractivity contribution in [3.8, 4) is 5.75 Å². The number of aromatic nitrogens is 2. The fourth-order valence-electron chi connectivity index (χ4n) is 4.18. The molecular weight excluding hydrogens is 371 g/mol. The molecule has 1 aromatic carbocycles. The monoisotopic (exact) mass is 398 g/mol. The number of carbonyl (C=O) groups is 1. The normalized spacial score (nSPS) is 20.2. The lowest BCUT2D eigenvalue weighted by Crippen LogP contribution is -2.39. The van der Waals surface area contributed by atoms with Crippen molar-refractivity contribution in [1.29, 1.82) is 0 Å². The van der Waals surface area contributed by atoms with Gasteiger partial charge in [0.2, 0.25) is 5.95 Å². The highest BCUT2D eigenvalue weighted by molar-refractivity contribution is 5.78. The molecule has 29 heavy (non-hydrogen) atoms. The smallest absolute Gasteiger partial charge is 0.258 e. The van der Waals surface area contributed by atoms with E-state index in [1.807, 2.05) is 6.20 Å². The highest BCUT2D eigenvalue weighted by Crippen LogP contribution is 2.40. The molecule has 0 bridgehead atoms. The van der Waals surface area contributed by atoms with Crippen LogP contribution in [0.1, 0.15) is 50.4 Å². The Hall–Kier alpha value is -2.70. The van der Waals surface area contributed by atoms with Crippen molar-refractivity contribution in [2.75, 3.05) is 24.6 Å². The van der Waals surface area contributed by atoms with Crippen LogP contribution in [0.4, 0.5) is 10.3 Å². The van der Waals surface area contributed by atoms with E-state index in [0.717, 1.165) is 43.1 Å². The molecule has 0 unspecified atom stereocenters. The van der Waals surface area contributed by atoms with E-state index in [4.69, 9.17) is 9.72 Å². The van der Waals surface area contributed by atoms with Gasteiger partial charge in [0.1, 0.15) is 11.6 Å². The summed E-state index contributed by atoms with van der Waals surface area (Å²) in [7, 11) is 0. The van der Waals surface area contributed by atoms with Crippen LogP contribution < -0.4 is 15.0 Å². The molecule has 1 amide bonds. The number of nitrogens with zero attached hydrogens (tertiary/aromatic N) is 3. The van der Waals surface area contributed by atoms with Gasteiger partial charge in [-0.3, -0.25) is 4.79 Å². The third-order valence-corrected chi connectivity index (χ3v) is 5.56. The maximum Gasteiger partial charge on any atom is 0.258 e. The van der Waals surface area contributed by atoms with Gasteiger partial charge < -0.3 is 15.0 Å². The first kappa shape index (κ1) is 19.6. The number of anilines is 1. The highest BCUT2D eigenvalue weighted by atomic mass is 19.1. The van der Waals surface area contributed by atoms with Gasteiger partial charge in [-0.1, -0.05) is 19.9 Å². The highest BCUT2D eigenvalue weighted by Gasteiger charge is 2.35. The van der Waals surface area contributed by atoms with Gasteiger partial charge >= 0.3 is 0 Å². The Morgan fingerprint density at radius 2 is 2.14 bits per heavy atom. The minimum absolute atomic E-state index is 0.0188. The molecular formula is C22H27FN4O2. The molecule has 154 valence electrons. The predicted molar refractivity (Wildman–Crippen MR) is 108 cm³/mol. The van der Waals surface area contributed by atoms with Crippen molar-refractivity contribution >= 4 is 11.9 Å². The SMILES string of the molecule is CC1(C)Cc2nc(N3CCCC3)ncc2[C@@H](NC(=O)COc2cccc(F)c2)C1. The third-order valence-electron chi connectivity index (χ3n) is 5.56. The minimum Gasteiger partial charge on any atom is -0.484 e. The Kier molecular flexibility index (Phi) is 5.39. The molecule has 1 N–H and O–H groups in total. The first-order chi connectivity index (χ1) is 13.9.